The molecule has 0 fully saturated rings. The van der Waals surface area contributed by atoms with Crippen LogP contribution >= 0.6 is 15.9 Å². The topological polar surface area (TPSA) is 86.5 Å². The van der Waals surface area contributed by atoms with Gasteiger partial charge in [-0.25, -0.2) is 22.7 Å². The van der Waals surface area contributed by atoms with Crippen molar-refractivity contribution in [1.29, 1.82) is 0 Å². The summed E-state index contributed by atoms with van der Waals surface area (Å²) in [6.45, 7) is 3.87. The molecule has 5 nitrogen and oxygen atoms in total. The Bertz CT molecular complexity index is 601. The van der Waals surface area contributed by atoms with Gasteiger partial charge in [-0.05, 0) is 34.0 Å². The highest BCUT2D eigenvalue weighted by Crippen LogP contribution is 2.24. The first-order valence-electron chi connectivity index (χ1n) is 5.32. The highest BCUT2D eigenvalue weighted by molar-refractivity contribution is 9.10. The number of primary sulfonamides is 1. The Labute approximate surface area is 119 Å². The second kappa shape index (κ2) is 5.98. The maximum absolute atomic E-state index is 13.5. The molecule has 0 saturated heterocycles. The van der Waals surface area contributed by atoms with Crippen molar-refractivity contribution in [2.75, 3.05) is 6.61 Å². The summed E-state index contributed by atoms with van der Waals surface area (Å²) in [5.74, 6) is -1.65. The molecule has 8 heteroatoms. The fourth-order valence-corrected chi connectivity index (χ4v) is 2.31. The van der Waals surface area contributed by atoms with Crippen LogP contribution in [0.4, 0.5) is 4.39 Å². The van der Waals surface area contributed by atoms with Gasteiger partial charge in [0.05, 0.1) is 12.2 Å². The number of sulfonamides is 1. The molecule has 106 valence electrons. The lowest BCUT2D eigenvalue weighted by Crippen LogP contribution is -2.17. The molecule has 1 rings (SSSR count). The molecular formula is C11H13BrFNO4S. The van der Waals surface area contributed by atoms with Crippen molar-refractivity contribution in [3.63, 3.8) is 0 Å². The molecule has 1 aromatic carbocycles. The lowest BCUT2D eigenvalue weighted by Gasteiger charge is -2.10. The van der Waals surface area contributed by atoms with Gasteiger partial charge in [0.1, 0.15) is 10.7 Å². The van der Waals surface area contributed by atoms with Gasteiger partial charge in [-0.3, -0.25) is 0 Å². The van der Waals surface area contributed by atoms with Gasteiger partial charge in [0, 0.05) is 4.47 Å². The average Bonchev–Trinajstić information content (AvgIpc) is 2.24. The monoisotopic (exact) mass is 353 g/mol. The minimum Gasteiger partial charge on any atom is -0.462 e. The third-order valence-electron chi connectivity index (χ3n) is 2.10. The second-order valence-electron chi connectivity index (χ2n) is 4.30. The van der Waals surface area contributed by atoms with Crippen molar-refractivity contribution in [2.45, 2.75) is 18.7 Å². The van der Waals surface area contributed by atoms with Crippen LogP contribution in [0.5, 0.6) is 0 Å². The Hall–Kier alpha value is -0.990. The number of benzene rings is 1. The summed E-state index contributed by atoms with van der Waals surface area (Å²) in [5.41, 5.74) is -0.0916. The predicted molar refractivity (Wildman–Crippen MR) is 70.6 cm³/mol. The van der Waals surface area contributed by atoms with Gasteiger partial charge in [0.25, 0.3) is 0 Å². The van der Waals surface area contributed by atoms with Gasteiger partial charge in [0.2, 0.25) is 10.0 Å². The van der Waals surface area contributed by atoms with Crippen molar-refractivity contribution >= 4 is 31.9 Å². The Balaban J connectivity index is 3.19. The average molecular weight is 354 g/mol. The van der Waals surface area contributed by atoms with Crippen LogP contribution in [0.15, 0.2) is 21.5 Å². The molecule has 0 radical (unpaired) electrons. The standard InChI is InChI=1S/C11H13BrFNO4S/c1-6(2)5-18-11(15)7-3-10(19(14,16)17)9(13)4-8(7)12/h3-4,6H,5H2,1-2H3,(H2,14,16,17). The lowest BCUT2D eigenvalue weighted by molar-refractivity contribution is 0.0457. The third-order valence-corrected chi connectivity index (χ3v) is 3.68. The first kappa shape index (κ1) is 16.1. The molecular weight excluding hydrogens is 341 g/mol. The molecule has 2 N–H and O–H groups in total. The normalized spacial score (nSPS) is 11.7. The van der Waals surface area contributed by atoms with Crippen LogP contribution in [-0.4, -0.2) is 21.0 Å². The van der Waals surface area contributed by atoms with E-state index in [0.29, 0.717) is 0 Å². The zero-order valence-corrected chi connectivity index (χ0v) is 12.7. The van der Waals surface area contributed by atoms with Gasteiger partial charge in [-0.2, -0.15) is 0 Å². The highest BCUT2D eigenvalue weighted by atomic mass is 79.9. The van der Waals surface area contributed by atoms with E-state index in [9.17, 15) is 17.6 Å². The van der Waals surface area contributed by atoms with E-state index in [1.54, 1.807) is 0 Å². The third kappa shape index (κ3) is 4.26. The van der Waals surface area contributed by atoms with Gasteiger partial charge in [-0.15, -0.1) is 0 Å². The summed E-state index contributed by atoms with van der Waals surface area (Å²) in [7, 11) is -4.24. The number of halogens is 2. The number of nitrogens with two attached hydrogens (primary N) is 1. The smallest absolute Gasteiger partial charge is 0.339 e. The highest BCUT2D eigenvalue weighted by Gasteiger charge is 2.21. The largest absolute Gasteiger partial charge is 0.462 e. The number of carbonyl (C=O) groups excluding carboxylic acids is 1. The van der Waals surface area contributed by atoms with Crippen LogP contribution in [0.1, 0.15) is 24.2 Å². The van der Waals surface area contributed by atoms with Gasteiger partial charge in [0.15, 0.2) is 0 Å². The Morgan fingerprint density at radius 2 is 2.05 bits per heavy atom. The van der Waals surface area contributed by atoms with Crippen LogP contribution in [0.3, 0.4) is 0 Å². The van der Waals surface area contributed by atoms with E-state index < -0.39 is 26.7 Å². The minimum absolute atomic E-state index is 0.0916. The van der Waals surface area contributed by atoms with Crippen molar-refractivity contribution in [2.24, 2.45) is 11.1 Å². The molecule has 0 aliphatic heterocycles. The number of hydrogen-bond donors (Lipinski definition) is 1. The fourth-order valence-electron chi connectivity index (χ4n) is 1.22. The fraction of sp³-hybridized carbons (Fsp3) is 0.364. The van der Waals surface area contributed by atoms with E-state index >= 15 is 0 Å². The quantitative estimate of drug-likeness (QED) is 0.839. The minimum atomic E-state index is -4.24. The van der Waals surface area contributed by atoms with Crippen LogP contribution in [-0.2, 0) is 14.8 Å². The first-order valence-corrected chi connectivity index (χ1v) is 7.66. The maximum atomic E-state index is 13.5. The van der Waals surface area contributed by atoms with Gasteiger partial charge in [-0.1, -0.05) is 13.8 Å². The van der Waals surface area contributed by atoms with Crippen molar-refractivity contribution in [3.05, 3.63) is 28.0 Å². The molecule has 19 heavy (non-hydrogen) atoms. The van der Waals surface area contributed by atoms with Crippen molar-refractivity contribution in [1.82, 2.24) is 0 Å². The molecule has 0 heterocycles. The van der Waals surface area contributed by atoms with E-state index in [-0.39, 0.29) is 22.6 Å². The molecule has 0 aromatic heterocycles. The van der Waals surface area contributed by atoms with E-state index in [2.05, 4.69) is 15.9 Å². The maximum Gasteiger partial charge on any atom is 0.339 e. The Kier molecular flexibility index (Phi) is 5.05. The summed E-state index contributed by atoms with van der Waals surface area (Å²) in [5, 5.41) is 4.86. The van der Waals surface area contributed by atoms with Gasteiger partial charge < -0.3 is 4.74 Å². The number of esters is 1. The Morgan fingerprint density at radius 3 is 2.53 bits per heavy atom. The number of carbonyl (C=O) groups is 1. The summed E-state index contributed by atoms with van der Waals surface area (Å²) in [4.78, 5) is 11.0. The molecule has 0 atom stereocenters. The molecule has 1 aromatic rings. The molecule has 0 aliphatic carbocycles. The molecule has 0 bridgehead atoms. The Morgan fingerprint density at radius 1 is 1.47 bits per heavy atom. The summed E-state index contributed by atoms with van der Waals surface area (Å²) >= 11 is 2.98. The zero-order chi connectivity index (χ0) is 14.8. The zero-order valence-electron chi connectivity index (χ0n) is 10.3. The molecule has 0 aliphatic rings. The van der Waals surface area contributed by atoms with Gasteiger partial charge >= 0.3 is 5.97 Å². The number of rotatable bonds is 4. The summed E-state index contributed by atoms with van der Waals surface area (Å²) in [6, 6.07) is 1.73. The first-order chi connectivity index (χ1) is 8.62. The SMILES string of the molecule is CC(C)COC(=O)c1cc(S(N)(=O)=O)c(F)cc1Br. The number of ether oxygens (including phenoxy) is 1. The summed E-state index contributed by atoms with van der Waals surface area (Å²) < 4.78 is 40.9. The van der Waals surface area contributed by atoms with Crippen LogP contribution in [0.25, 0.3) is 0 Å². The van der Waals surface area contributed by atoms with E-state index in [4.69, 9.17) is 9.88 Å². The van der Waals surface area contributed by atoms with Crippen molar-refractivity contribution in [3.8, 4) is 0 Å². The van der Waals surface area contributed by atoms with Crippen LogP contribution < -0.4 is 5.14 Å². The van der Waals surface area contributed by atoms with Crippen molar-refractivity contribution < 1.29 is 22.3 Å². The number of hydrogen-bond acceptors (Lipinski definition) is 4. The van der Waals surface area contributed by atoms with E-state index in [1.165, 1.54) is 0 Å². The molecule has 0 amide bonds. The molecule has 0 unspecified atom stereocenters. The van der Waals surface area contributed by atoms with E-state index in [1.807, 2.05) is 13.8 Å². The molecule has 0 spiro atoms. The van der Waals surface area contributed by atoms with Crippen LogP contribution in [0, 0.1) is 11.7 Å². The predicted octanol–water partition coefficient (Wildman–Crippen LogP) is 2.05. The second-order valence-corrected chi connectivity index (χ2v) is 6.68. The molecule has 0 saturated carbocycles. The summed E-state index contributed by atoms with van der Waals surface area (Å²) in [6.07, 6.45) is 0. The lowest BCUT2D eigenvalue weighted by atomic mass is 10.2. The van der Waals surface area contributed by atoms with E-state index in [0.717, 1.165) is 12.1 Å². The van der Waals surface area contributed by atoms with Crippen LogP contribution in [0.2, 0.25) is 0 Å².